The van der Waals surface area contributed by atoms with E-state index < -0.39 is 0 Å². The lowest BCUT2D eigenvalue weighted by Crippen LogP contribution is -2.26. The molecule has 0 atom stereocenters. The first kappa shape index (κ1) is 14.6. The molecule has 0 bridgehead atoms. The molecule has 3 rings (SSSR count). The molecule has 2 aromatic carbocycles. The molecule has 0 aliphatic heterocycles. The lowest BCUT2D eigenvalue weighted by Gasteiger charge is -2.32. The Bertz CT molecular complexity index is 696. The predicted molar refractivity (Wildman–Crippen MR) is 93.2 cm³/mol. The van der Waals surface area contributed by atoms with Crippen LogP contribution in [-0.2, 0) is 5.41 Å². The highest BCUT2D eigenvalue weighted by Crippen LogP contribution is 2.44. The maximum absolute atomic E-state index is 5.83. The third-order valence-corrected chi connectivity index (χ3v) is 4.58. The van der Waals surface area contributed by atoms with Crippen LogP contribution in [0.25, 0.3) is 11.1 Å². The standard InChI is InChI=1S/C21H22O/c1-21(2,17-12-7-8-13-17)19-15-9-14-18(20(19)22-3)16-10-5-4-6-11-16/h4-15,17H,1-3H3. The highest BCUT2D eigenvalue weighted by atomic mass is 16.5. The molecule has 1 nitrogen and oxygen atoms in total. The summed E-state index contributed by atoms with van der Waals surface area (Å²) in [4.78, 5) is 0. The molecule has 0 N–H and O–H groups in total. The van der Waals surface area contributed by atoms with E-state index in [0.717, 1.165) is 11.3 Å². The molecule has 0 saturated heterocycles. The average molecular weight is 290 g/mol. The number of rotatable bonds is 4. The largest absolute Gasteiger partial charge is 0.496 e. The van der Waals surface area contributed by atoms with Gasteiger partial charge in [0.05, 0.1) is 7.11 Å². The van der Waals surface area contributed by atoms with Gasteiger partial charge in [0.1, 0.15) is 5.75 Å². The van der Waals surface area contributed by atoms with E-state index in [1.807, 2.05) is 6.07 Å². The monoisotopic (exact) mass is 290 g/mol. The number of hydrogen-bond donors (Lipinski definition) is 0. The van der Waals surface area contributed by atoms with Gasteiger partial charge in [-0.1, -0.05) is 86.7 Å². The molecule has 0 saturated carbocycles. The zero-order chi connectivity index (χ0) is 15.6. The summed E-state index contributed by atoms with van der Waals surface area (Å²) in [5.41, 5.74) is 3.58. The van der Waals surface area contributed by atoms with E-state index in [1.165, 1.54) is 11.1 Å². The van der Waals surface area contributed by atoms with Crippen molar-refractivity contribution < 1.29 is 4.74 Å². The number of allylic oxidation sites excluding steroid dienone is 4. The molecule has 1 heteroatoms. The highest BCUT2D eigenvalue weighted by molar-refractivity contribution is 5.73. The van der Waals surface area contributed by atoms with Gasteiger partial charge in [0, 0.05) is 22.5 Å². The highest BCUT2D eigenvalue weighted by Gasteiger charge is 2.32. The van der Waals surface area contributed by atoms with Crippen LogP contribution in [0.5, 0.6) is 5.75 Å². The van der Waals surface area contributed by atoms with Crippen LogP contribution in [0.15, 0.2) is 72.8 Å². The van der Waals surface area contributed by atoms with E-state index in [9.17, 15) is 0 Å². The lowest BCUT2D eigenvalue weighted by molar-refractivity contribution is 0.378. The molecule has 112 valence electrons. The molecule has 0 amide bonds. The van der Waals surface area contributed by atoms with Gasteiger partial charge < -0.3 is 4.74 Å². The molecule has 0 unspecified atom stereocenters. The molecular formula is C21H22O. The SMILES string of the molecule is COc1c(-c2ccccc2)cccc1C(C)(C)C1C=CC=C1. The topological polar surface area (TPSA) is 9.23 Å². The Morgan fingerprint density at radius 3 is 2.18 bits per heavy atom. The quantitative estimate of drug-likeness (QED) is 0.734. The molecule has 2 aromatic rings. The van der Waals surface area contributed by atoms with Crippen LogP contribution in [0.1, 0.15) is 19.4 Å². The van der Waals surface area contributed by atoms with Crippen molar-refractivity contribution in [3.05, 3.63) is 78.4 Å². The smallest absolute Gasteiger partial charge is 0.130 e. The minimum Gasteiger partial charge on any atom is -0.496 e. The maximum Gasteiger partial charge on any atom is 0.130 e. The first-order chi connectivity index (χ1) is 10.6. The maximum atomic E-state index is 5.83. The third-order valence-electron chi connectivity index (χ3n) is 4.58. The van der Waals surface area contributed by atoms with Gasteiger partial charge in [-0.15, -0.1) is 0 Å². The molecule has 0 heterocycles. The second kappa shape index (κ2) is 5.84. The van der Waals surface area contributed by atoms with Gasteiger partial charge in [-0.3, -0.25) is 0 Å². The van der Waals surface area contributed by atoms with Gasteiger partial charge in [-0.05, 0) is 5.56 Å². The minimum atomic E-state index is -0.0143. The molecule has 1 aliphatic rings. The Morgan fingerprint density at radius 1 is 0.864 bits per heavy atom. The third kappa shape index (κ3) is 2.48. The molecule has 0 radical (unpaired) electrons. The normalized spacial score (nSPS) is 14.5. The van der Waals surface area contributed by atoms with Crippen LogP contribution >= 0.6 is 0 Å². The molecule has 0 aromatic heterocycles. The van der Waals surface area contributed by atoms with E-state index in [-0.39, 0.29) is 5.41 Å². The van der Waals surface area contributed by atoms with Crippen molar-refractivity contribution in [3.63, 3.8) is 0 Å². The molecule has 22 heavy (non-hydrogen) atoms. The van der Waals surface area contributed by atoms with E-state index in [0.29, 0.717) is 5.92 Å². The van der Waals surface area contributed by atoms with Gasteiger partial charge in [0.2, 0.25) is 0 Å². The van der Waals surface area contributed by atoms with Gasteiger partial charge >= 0.3 is 0 Å². The first-order valence-corrected chi connectivity index (χ1v) is 7.72. The number of para-hydroxylation sites is 1. The van der Waals surface area contributed by atoms with Crippen molar-refractivity contribution >= 4 is 0 Å². The predicted octanol–water partition coefficient (Wildman–Crippen LogP) is 5.38. The number of ether oxygens (including phenoxy) is 1. The van der Waals surface area contributed by atoms with Crippen LogP contribution in [0, 0.1) is 5.92 Å². The summed E-state index contributed by atoms with van der Waals surface area (Å²) in [6.45, 7) is 4.56. The van der Waals surface area contributed by atoms with Crippen LogP contribution in [-0.4, -0.2) is 7.11 Å². The zero-order valence-corrected chi connectivity index (χ0v) is 13.4. The first-order valence-electron chi connectivity index (χ1n) is 7.72. The van der Waals surface area contributed by atoms with Crippen LogP contribution < -0.4 is 4.74 Å². The summed E-state index contributed by atoms with van der Waals surface area (Å²) in [5, 5.41) is 0. The summed E-state index contributed by atoms with van der Waals surface area (Å²) in [6.07, 6.45) is 8.77. The van der Waals surface area contributed by atoms with Crippen LogP contribution in [0.4, 0.5) is 0 Å². The molecular weight excluding hydrogens is 268 g/mol. The minimum absolute atomic E-state index is 0.0143. The zero-order valence-electron chi connectivity index (χ0n) is 13.4. The Balaban J connectivity index is 2.13. The number of methoxy groups -OCH3 is 1. The summed E-state index contributed by atoms with van der Waals surface area (Å²) in [7, 11) is 1.77. The Morgan fingerprint density at radius 2 is 1.55 bits per heavy atom. The summed E-state index contributed by atoms with van der Waals surface area (Å²) in [5.74, 6) is 1.37. The second-order valence-electron chi connectivity index (χ2n) is 6.27. The fourth-order valence-corrected chi connectivity index (χ4v) is 3.20. The second-order valence-corrected chi connectivity index (χ2v) is 6.27. The van der Waals surface area contributed by atoms with Gasteiger partial charge in [-0.25, -0.2) is 0 Å². The van der Waals surface area contributed by atoms with Crippen molar-refractivity contribution in [2.24, 2.45) is 5.92 Å². The van der Waals surface area contributed by atoms with Gasteiger partial charge in [0.25, 0.3) is 0 Å². The van der Waals surface area contributed by atoms with Gasteiger partial charge in [-0.2, -0.15) is 0 Å². The molecule has 0 fully saturated rings. The molecule has 1 aliphatic carbocycles. The number of hydrogen-bond acceptors (Lipinski definition) is 1. The van der Waals surface area contributed by atoms with Crippen molar-refractivity contribution in [1.29, 1.82) is 0 Å². The fourth-order valence-electron chi connectivity index (χ4n) is 3.20. The van der Waals surface area contributed by atoms with Gasteiger partial charge in [0.15, 0.2) is 0 Å². The average Bonchev–Trinajstić information content (AvgIpc) is 3.10. The van der Waals surface area contributed by atoms with Crippen molar-refractivity contribution in [2.75, 3.05) is 7.11 Å². The Kier molecular flexibility index (Phi) is 3.89. The summed E-state index contributed by atoms with van der Waals surface area (Å²) in [6, 6.07) is 16.9. The van der Waals surface area contributed by atoms with Crippen molar-refractivity contribution in [2.45, 2.75) is 19.3 Å². The van der Waals surface area contributed by atoms with Crippen LogP contribution in [0.3, 0.4) is 0 Å². The van der Waals surface area contributed by atoms with Crippen molar-refractivity contribution in [3.8, 4) is 16.9 Å². The Labute approximate surface area is 133 Å². The van der Waals surface area contributed by atoms with E-state index in [4.69, 9.17) is 4.74 Å². The lowest BCUT2D eigenvalue weighted by atomic mass is 9.73. The summed E-state index contributed by atoms with van der Waals surface area (Å²) >= 11 is 0. The van der Waals surface area contributed by atoms with E-state index in [2.05, 4.69) is 80.6 Å². The van der Waals surface area contributed by atoms with E-state index >= 15 is 0 Å². The number of benzene rings is 2. The molecule has 0 spiro atoms. The fraction of sp³-hybridized carbons (Fsp3) is 0.238. The van der Waals surface area contributed by atoms with Crippen molar-refractivity contribution in [1.82, 2.24) is 0 Å². The summed E-state index contributed by atoms with van der Waals surface area (Å²) < 4.78 is 5.83. The Hall–Kier alpha value is -2.28. The van der Waals surface area contributed by atoms with Crippen LogP contribution in [0.2, 0.25) is 0 Å². The van der Waals surface area contributed by atoms with E-state index in [1.54, 1.807) is 7.11 Å².